The van der Waals surface area contributed by atoms with Crippen LogP contribution in [0.3, 0.4) is 0 Å². The third kappa shape index (κ3) is 3.28. The minimum absolute atomic E-state index is 0.00606. The summed E-state index contributed by atoms with van der Waals surface area (Å²) >= 11 is 0. The van der Waals surface area contributed by atoms with Gasteiger partial charge in [-0.25, -0.2) is 13.8 Å². The Bertz CT molecular complexity index is 601. The number of nitrogens with two attached hydrogens (primary N) is 1. The summed E-state index contributed by atoms with van der Waals surface area (Å²) in [5.41, 5.74) is 6.04. The lowest BCUT2D eigenvalue weighted by molar-refractivity contribution is 0.572. The van der Waals surface area contributed by atoms with Crippen LogP contribution in [0.5, 0.6) is 0 Å². The van der Waals surface area contributed by atoms with Crippen LogP contribution in [-0.4, -0.2) is 17.4 Å². The first-order valence-corrected chi connectivity index (χ1v) is 6.04. The van der Waals surface area contributed by atoms with E-state index in [1.54, 1.807) is 29.2 Å². The molecule has 0 unspecified atom stereocenters. The Morgan fingerprint density at radius 2 is 1.95 bits per heavy atom. The summed E-state index contributed by atoms with van der Waals surface area (Å²) in [5.74, 6) is -1.48. The largest absolute Gasteiger partial charge is 0.388 e. The van der Waals surface area contributed by atoms with Crippen LogP contribution in [-0.2, 0) is 0 Å². The molecule has 0 atom stereocenters. The van der Waals surface area contributed by atoms with Crippen LogP contribution in [0, 0.1) is 17.0 Å². The number of hydrogen-bond acceptors (Lipinski definition) is 3. The van der Waals surface area contributed by atoms with E-state index < -0.39 is 11.6 Å². The molecule has 1 aromatic heterocycles. The summed E-state index contributed by atoms with van der Waals surface area (Å²) in [6.07, 6.45) is 1.22. The van der Waals surface area contributed by atoms with Crippen molar-refractivity contribution in [3.05, 3.63) is 54.2 Å². The Hall–Kier alpha value is -2.50. The molecule has 20 heavy (non-hydrogen) atoms. The molecular formula is C14H14F2N4. The maximum absolute atomic E-state index is 13.9. The second-order valence-corrected chi connectivity index (χ2v) is 4.22. The molecule has 0 fully saturated rings. The third-order valence-electron chi connectivity index (χ3n) is 2.72. The number of nitrogens with one attached hydrogen (secondary N) is 1. The Kier molecular flexibility index (Phi) is 4.24. The highest BCUT2D eigenvalue weighted by atomic mass is 19.1. The van der Waals surface area contributed by atoms with Crippen molar-refractivity contribution in [3.63, 3.8) is 0 Å². The van der Waals surface area contributed by atoms with Crippen molar-refractivity contribution in [2.75, 3.05) is 11.4 Å². The van der Waals surface area contributed by atoms with Gasteiger partial charge in [-0.05, 0) is 12.1 Å². The highest BCUT2D eigenvalue weighted by Crippen LogP contribution is 2.26. The number of amidine groups is 1. The molecule has 1 heterocycles. The zero-order valence-corrected chi connectivity index (χ0v) is 10.7. The van der Waals surface area contributed by atoms with Gasteiger partial charge >= 0.3 is 0 Å². The highest BCUT2D eigenvalue weighted by molar-refractivity contribution is 5.78. The number of aromatic nitrogens is 1. The Labute approximate surface area is 115 Å². The highest BCUT2D eigenvalue weighted by Gasteiger charge is 2.16. The van der Waals surface area contributed by atoms with Crippen molar-refractivity contribution in [3.8, 4) is 0 Å². The smallest absolute Gasteiger partial charge is 0.169 e. The monoisotopic (exact) mass is 276 g/mol. The normalized spacial score (nSPS) is 10.3. The topological polar surface area (TPSA) is 66.0 Å². The second kappa shape index (κ2) is 6.10. The summed E-state index contributed by atoms with van der Waals surface area (Å²) in [5, 5.41) is 7.28. The van der Waals surface area contributed by atoms with Crippen LogP contribution >= 0.6 is 0 Å². The van der Waals surface area contributed by atoms with Crippen LogP contribution in [0.25, 0.3) is 0 Å². The average Bonchev–Trinajstić information content (AvgIpc) is 2.42. The Morgan fingerprint density at radius 3 is 2.55 bits per heavy atom. The lowest BCUT2D eigenvalue weighted by Gasteiger charge is -2.24. The molecule has 0 saturated heterocycles. The van der Waals surface area contributed by atoms with Crippen molar-refractivity contribution in [1.29, 1.82) is 5.41 Å². The first-order valence-electron chi connectivity index (χ1n) is 6.04. The van der Waals surface area contributed by atoms with E-state index in [1.165, 1.54) is 0 Å². The summed E-state index contributed by atoms with van der Waals surface area (Å²) in [6, 6.07) is 9.79. The van der Waals surface area contributed by atoms with Gasteiger partial charge in [-0.1, -0.05) is 18.2 Å². The van der Waals surface area contributed by atoms with Gasteiger partial charge in [0.2, 0.25) is 0 Å². The molecule has 2 rings (SSSR count). The maximum atomic E-state index is 13.9. The van der Waals surface area contributed by atoms with Crippen molar-refractivity contribution >= 4 is 17.3 Å². The number of rotatable bonds is 5. The lowest BCUT2D eigenvalue weighted by Crippen LogP contribution is -2.25. The number of anilines is 2. The molecule has 0 amide bonds. The van der Waals surface area contributed by atoms with Gasteiger partial charge in [0.1, 0.15) is 5.82 Å². The van der Waals surface area contributed by atoms with Crippen molar-refractivity contribution in [2.24, 2.45) is 5.73 Å². The fraction of sp³-hybridized carbons (Fsp3) is 0.143. The van der Waals surface area contributed by atoms with E-state index in [4.69, 9.17) is 11.1 Å². The quantitative estimate of drug-likeness (QED) is 0.652. The van der Waals surface area contributed by atoms with Gasteiger partial charge in [0.05, 0.1) is 12.0 Å². The number of pyridine rings is 1. The van der Waals surface area contributed by atoms with Gasteiger partial charge in [-0.15, -0.1) is 0 Å². The molecule has 0 aliphatic heterocycles. The summed E-state index contributed by atoms with van der Waals surface area (Å²) in [4.78, 5) is 5.36. The zero-order chi connectivity index (χ0) is 14.5. The summed E-state index contributed by atoms with van der Waals surface area (Å²) < 4.78 is 26.8. The fourth-order valence-electron chi connectivity index (χ4n) is 1.80. The standard InChI is InChI=1S/C14H14F2N4/c15-10-8-12(16)14(19-9-10)20(7-6-13(17)18)11-4-2-1-3-5-11/h1-5,8-9H,6-7H2,(H3,17,18). The van der Waals surface area contributed by atoms with Gasteiger partial charge < -0.3 is 10.6 Å². The first-order chi connectivity index (χ1) is 9.58. The summed E-state index contributed by atoms with van der Waals surface area (Å²) in [7, 11) is 0. The van der Waals surface area contributed by atoms with Crippen LogP contribution in [0.1, 0.15) is 6.42 Å². The minimum Gasteiger partial charge on any atom is -0.388 e. The molecule has 104 valence electrons. The van der Waals surface area contributed by atoms with Gasteiger partial charge in [0, 0.05) is 24.7 Å². The van der Waals surface area contributed by atoms with E-state index in [9.17, 15) is 8.78 Å². The molecule has 4 nitrogen and oxygen atoms in total. The van der Waals surface area contributed by atoms with Crippen molar-refractivity contribution in [2.45, 2.75) is 6.42 Å². The Balaban J connectivity index is 2.37. The van der Waals surface area contributed by atoms with Gasteiger partial charge in [-0.2, -0.15) is 0 Å². The molecule has 0 radical (unpaired) electrons. The predicted molar refractivity (Wildman–Crippen MR) is 74.1 cm³/mol. The molecule has 3 N–H and O–H groups in total. The number of nitrogens with zero attached hydrogens (tertiary/aromatic N) is 2. The van der Waals surface area contributed by atoms with E-state index in [0.29, 0.717) is 5.69 Å². The minimum atomic E-state index is -0.752. The van der Waals surface area contributed by atoms with E-state index in [0.717, 1.165) is 12.3 Å². The number of halogens is 2. The maximum Gasteiger partial charge on any atom is 0.169 e. The van der Waals surface area contributed by atoms with Crippen molar-refractivity contribution in [1.82, 2.24) is 4.98 Å². The number of para-hydroxylation sites is 1. The molecular weight excluding hydrogens is 262 g/mol. The molecule has 0 aliphatic carbocycles. The lowest BCUT2D eigenvalue weighted by atomic mass is 10.2. The molecule has 0 saturated carbocycles. The summed E-state index contributed by atoms with van der Waals surface area (Å²) in [6.45, 7) is 0.287. The van der Waals surface area contributed by atoms with Crippen LogP contribution in [0.2, 0.25) is 0 Å². The second-order valence-electron chi connectivity index (χ2n) is 4.22. The van der Waals surface area contributed by atoms with E-state index in [2.05, 4.69) is 4.98 Å². The zero-order valence-electron chi connectivity index (χ0n) is 10.7. The van der Waals surface area contributed by atoms with Gasteiger partial charge in [0.15, 0.2) is 11.6 Å². The molecule has 1 aromatic carbocycles. The fourth-order valence-corrected chi connectivity index (χ4v) is 1.80. The van der Waals surface area contributed by atoms with Crippen LogP contribution in [0.4, 0.5) is 20.3 Å². The molecule has 2 aromatic rings. The predicted octanol–water partition coefficient (Wildman–Crippen LogP) is 2.82. The van der Waals surface area contributed by atoms with E-state index in [-0.39, 0.29) is 24.6 Å². The molecule has 0 spiro atoms. The Morgan fingerprint density at radius 1 is 1.25 bits per heavy atom. The third-order valence-corrected chi connectivity index (χ3v) is 2.72. The van der Waals surface area contributed by atoms with Crippen LogP contribution < -0.4 is 10.6 Å². The molecule has 6 heteroatoms. The van der Waals surface area contributed by atoms with Crippen molar-refractivity contribution < 1.29 is 8.78 Å². The molecule has 0 aliphatic rings. The molecule has 0 bridgehead atoms. The number of benzene rings is 1. The van der Waals surface area contributed by atoms with E-state index in [1.807, 2.05) is 6.07 Å². The SMILES string of the molecule is N=C(N)CCN(c1ccccc1)c1ncc(F)cc1F. The average molecular weight is 276 g/mol. The number of hydrogen-bond donors (Lipinski definition) is 2. The van der Waals surface area contributed by atoms with E-state index >= 15 is 0 Å². The van der Waals surface area contributed by atoms with Crippen LogP contribution in [0.15, 0.2) is 42.6 Å². The van der Waals surface area contributed by atoms with Gasteiger partial charge in [0.25, 0.3) is 0 Å². The van der Waals surface area contributed by atoms with Gasteiger partial charge in [-0.3, -0.25) is 5.41 Å². The first kappa shape index (κ1) is 13.9.